The molecule has 3 aromatic carbocycles. The number of halogens is 1. The van der Waals surface area contributed by atoms with Crippen LogP contribution in [0.2, 0.25) is 0 Å². The molecule has 0 aliphatic heterocycles. The summed E-state index contributed by atoms with van der Waals surface area (Å²) in [6.45, 7) is 2.03. The van der Waals surface area contributed by atoms with Gasteiger partial charge in [0.05, 0.1) is 5.56 Å². The SMILES string of the molecule is Cc1cccc(-c2nc3cc(NC(=S)NC(=O)c4ccccc4Br)ccc3o2)c1. The van der Waals surface area contributed by atoms with E-state index in [-0.39, 0.29) is 11.0 Å². The van der Waals surface area contributed by atoms with Crippen molar-refractivity contribution in [1.29, 1.82) is 0 Å². The zero-order valence-electron chi connectivity index (χ0n) is 15.4. The molecule has 0 atom stereocenters. The summed E-state index contributed by atoms with van der Waals surface area (Å²) >= 11 is 8.64. The second-order valence-corrected chi connectivity index (χ2v) is 7.72. The standard InChI is InChI=1S/C22H16BrN3O2S/c1-13-5-4-6-14(11-13)21-25-18-12-15(9-10-19(18)28-21)24-22(29)26-20(27)16-7-2-3-8-17(16)23/h2-12H,1H3,(H2,24,26,27,29). The van der Waals surface area contributed by atoms with E-state index in [1.165, 1.54) is 0 Å². The van der Waals surface area contributed by atoms with Gasteiger partial charge < -0.3 is 9.73 Å². The molecule has 4 rings (SSSR count). The number of aryl methyl sites for hydroxylation is 1. The molecule has 0 saturated carbocycles. The maximum atomic E-state index is 12.4. The molecule has 7 heteroatoms. The molecule has 1 heterocycles. The van der Waals surface area contributed by atoms with Crippen LogP contribution in [0, 0.1) is 6.92 Å². The van der Waals surface area contributed by atoms with Gasteiger partial charge in [0.25, 0.3) is 5.91 Å². The first-order valence-electron chi connectivity index (χ1n) is 8.84. The van der Waals surface area contributed by atoms with Crippen LogP contribution in [0.15, 0.2) is 75.6 Å². The number of fused-ring (bicyclic) bond motifs is 1. The predicted octanol–water partition coefficient (Wildman–Crippen LogP) is 5.69. The fourth-order valence-electron chi connectivity index (χ4n) is 2.88. The molecule has 0 fully saturated rings. The average Bonchev–Trinajstić information content (AvgIpc) is 3.11. The molecular weight excluding hydrogens is 450 g/mol. The third kappa shape index (κ3) is 4.36. The quantitative estimate of drug-likeness (QED) is 0.380. The highest BCUT2D eigenvalue weighted by molar-refractivity contribution is 9.10. The number of benzene rings is 3. The van der Waals surface area contributed by atoms with E-state index in [0.29, 0.717) is 32.7 Å². The molecule has 144 valence electrons. The van der Waals surface area contributed by atoms with Crippen LogP contribution in [-0.4, -0.2) is 16.0 Å². The van der Waals surface area contributed by atoms with Crippen LogP contribution < -0.4 is 10.6 Å². The summed E-state index contributed by atoms with van der Waals surface area (Å²) in [4.78, 5) is 16.9. The Kier molecular flexibility index (Phi) is 5.42. The number of hydrogen-bond donors (Lipinski definition) is 2. The smallest absolute Gasteiger partial charge is 0.258 e. The minimum absolute atomic E-state index is 0.201. The Morgan fingerprint density at radius 3 is 2.69 bits per heavy atom. The molecular formula is C22H16BrN3O2S. The summed E-state index contributed by atoms with van der Waals surface area (Å²) in [5, 5.41) is 5.89. The first kappa shape index (κ1) is 19.3. The van der Waals surface area contributed by atoms with Crippen LogP contribution in [0.25, 0.3) is 22.6 Å². The van der Waals surface area contributed by atoms with Gasteiger partial charge >= 0.3 is 0 Å². The Hall–Kier alpha value is -3.03. The monoisotopic (exact) mass is 465 g/mol. The average molecular weight is 466 g/mol. The first-order chi connectivity index (χ1) is 14.0. The minimum Gasteiger partial charge on any atom is -0.436 e. The predicted molar refractivity (Wildman–Crippen MR) is 122 cm³/mol. The van der Waals surface area contributed by atoms with Gasteiger partial charge in [0.15, 0.2) is 10.7 Å². The van der Waals surface area contributed by atoms with Crippen LogP contribution in [0.3, 0.4) is 0 Å². The van der Waals surface area contributed by atoms with Gasteiger partial charge in [-0.1, -0.05) is 29.8 Å². The van der Waals surface area contributed by atoms with Gasteiger partial charge in [0.1, 0.15) is 5.52 Å². The molecule has 0 bridgehead atoms. The number of anilines is 1. The molecule has 1 amide bonds. The van der Waals surface area contributed by atoms with Gasteiger partial charge in [0.2, 0.25) is 5.89 Å². The summed E-state index contributed by atoms with van der Waals surface area (Å²) in [5.41, 5.74) is 4.65. The minimum atomic E-state index is -0.292. The Morgan fingerprint density at radius 2 is 1.90 bits per heavy atom. The Bertz CT molecular complexity index is 1240. The maximum Gasteiger partial charge on any atom is 0.258 e. The number of carbonyl (C=O) groups is 1. The number of nitrogens with one attached hydrogen (secondary N) is 2. The van der Waals surface area contributed by atoms with Crippen molar-refractivity contribution in [3.8, 4) is 11.5 Å². The third-order valence-electron chi connectivity index (χ3n) is 4.26. The van der Waals surface area contributed by atoms with Crippen molar-refractivity contribution < 1.29 is 9.21 Å². The lowest BCUT2D eigenvalue weighted by atomic mass is 10.1. The summed E-state index contributed by atoms with van der Waals surface area (Å²) < 4.78 is 6.56. The van der Waals surface area contributed by atoms with E-state index in [0.717, 1.165) is 11.1 Å². The molecule has 0 spiro atoms. The van der Waals surface area contributed by atoms with Crippen molar-refractivity contribution >= 4 is 56.0 Å². The van der Waals surface area contributed by atoms with Crippen LogP contribution in [-0.2, 0) is 0 Å². The highest BCUT2D eigenvalue weighted by Gasteiger charge is 2.12. The molecule has 4 aromatic rings. The zero-order chi connectivity index (χ0) is 20.4. The molecule has 0 unspecified atom stereocenters. The van der Waals surface area contributed by atoms with E-state index in [1.54, 1.807) is 18.2 Å². The van der Waals surface area contributed by atoms with E-state index in [4.69, 9.17) is 16.6 Å². The normalized spacial score (nSPS) is 10.7. The van der Waals surface area contributed by atoms with Gasteiger partial charge in [-0.15, -0.1) is 0 Å². The molecule has 0 aliphatic rings. The number of thiocarbonyl (C=S) groups is 1. The second-order valence-electron chi connectivity index (χ2n) is 6.46. The van der Waals surface area contributed by atoms with Crippen molar-refractivity contribution in [1.82, 2.24) is 10.3 Å². The summed E-state index contributed by atoms with van der Waals surface area (Å²) in [7, 11) is 0. The number of carbonyl (C=O) groups excluding carboxylic acids is 1. The fraction of sp³-hybridized carbons (Fsp3) is 0.0455. The lowest BCUT2D eigenvalue weighted by molar-refractivity contribution is 0.0977. The molecule has 1 aromatic heterocycles. The van der Waals surface area contributed by atoms with Crippen molar-refractivity contribution in [2.75, 3.05) is 5.32 Å². The third-order valence-corrected chi connectivity index (χ3v) is 5.15. The van der Waals surface area contributed by atoms with Crippen molar-refractivity contribution in [3.63, 3.8) is 0 Å². The van der Waals surface area contributed by atoms with Crippen molar-refractivity contribution in [3.05, 3.63) is 82.3 Å². The zero-order valence-corrected chi connectivity index (χ0v) is 17.8. The van der Waals surface area contributed by atoms with E-state index in [2.05, 4.69) is 31.5 Å². The maximum absolute atomic E-state index is 12.4. The van der Waals surface area contributed by atoms with Gasteiger partial charge in [-0.05, 0) is 77.5 Å². The van der Waals surface area contributed by atoms with E-state index < -0.39 is 0 Å². The molecule has 5 nitrogen and oxygen atoms in total. The lowest BCUT2D eigenvalue weighted by Crippen LogP contribution is -2.34. The Morgan fingerprint density at radius 1 is 1.07 bits per heavy atom. The van der Waals surface area contributed by atoms with E-state index in [9.17, 15) is 4.79 Å². The van der Waals surface area contributed by atoms with Gasteiger partial charge in [0, 0.05) is 15.7 Å². The molecule has 2 N–H and O–H groups in total. The number of nitrogens with zero attached hydrogens (tertiary/aromatic N) is 1. The number of hydrogen-bond acceptors (Lipinski definition) is 4. The van der Waals surface area contributed by atoms with Gasteiger partial charge in [-0.25, -0.2) is 4.98 Å². The summed E-state index contributed by atoms with van der Waals surface area (Å²) in [6, 6.07) is 20.6. The molecule has 0 radical (unpaired) electrons. The largest absolute Gasteiger partial charge is 0.436 e. The van der Waals surface area contributed by atoms with E-state index in [1.807, 2.05) is 55.5 Å². The first-order valence-corrected chi connectivity index (χ1v) is 10.0. The highest BCUT2D eigenvalue weighted by Crippen LogP contribution is 2.26. The topological polar surface area (TPSA) is 67.2 Å². The van der Waals surface area contributed by atoms with Crippen LogP contribution in [0.1, 0.15) is 15.9 Å². The van der Waals surface area contributed by atoms with Crippen molar-refractivity contribution in [2.24, 2.45) is 0 Å². The second kappa shape index (κ2) is 8.14. The van der Waals surface area contributed by atoms with Crippen LogP contribution in [0.5, 0.6) is 0 Å². The summed E-state index contributed by atoms with van der Waals surface area (Å²) in [6.07, 6.45) is 0. The van der Waals surface area contributed by atoms with Gasteiger partial charge in [-0.2, -0.15) is 0 Å². The molecule has 0 aliphatic carbocycles. The number of amides is 1. The summed E-state index contributed by atoms with van der Waals surface area (Å²) in [5.74, 6) is 0.268. The van der Waals surface area contributed by atoms with Crippen molar-refractivity contribution in [2.45, 2.75) is 6.92 Å². The molecule has 0 saturated heterocycles. The lowest BCUT2D eigenvalue weighted by Gasteiger charge is -2.10. The highest BCUT2D eigenvalue weighted by atomic mass is 79.9. The number of rotatable bonds is 3. The Labute approximate surface area is 181 Å². The van der Waals surface area contributed by atoms with Gasteiger partial charge in [-0.3, -0.25) is 10.1 Å². The van der Waals surface area contributed by atoms with Crippen LogP contribution in [0.4, 0.5) is 5.69 Å². The Balaban J connectivity index is 1.50. The fourth-order valence-corrected chi connectivity index (χ4v) is 3.56. The molecule has 29 heavy (non-hydrogen) atoms. The number of oxazole rings is 1. The number of aromatic nitrogens is 1. The van der Waals surface area contributed by atoms with Crippen LogP contribution >= 0.6 is 28.1 Å². The van der Waals surface area contributed by atoms with E-state index >= 15 is 0 Å².